The van der Waals surface area contributed by atoms with Gasteiger partial charge in [-0.2, -0.15) is 15.2 Å². The normalized spacial score (nSPS) is 11.8. The van der Waals surface area contributed by atoms with Gasteiger partial charge in [0.1, 0.15) is 5.69 Å². The molecule has 0 saturated carbocycles. The number of hydrogen-bond donors (Lipinski definition) is 2. The molecule has 0 bridgehead atoms. The maximum atomic E-state index is 12.7. The topological polar surface area (TPSA) is 116 Å². The highest BCUT2D eigenvalue weighted by Gasteiger charge is 2.20. The number of hydrogen-bond acceptors (Lipinski definition) is 7. The van der Waals surface area contributed by atoms with Gasteiger partial charge < -0.3 is 20.1 Å². The maximum Gasteiger partial charge on any atom is 0.323 e. The first-order chi connectivity index (χ1) is 14.3. The van der Waals surface area contributed by atoms with Gasteiger partial charge in [-0.15, -0.1) is 4.80 Å². The number of amides is 2. The Balaban J connectivity index is 1.87. The molecular weight excluding hydrogens is 478 g/mol. The van der Waals surface area contributed by atoms with E-state index in [1.165, 1.54) is 30.4 Å². The second-order valence-corrected chi connectivity index (χ2v) is 7.31. The smallest absolute Gasteiger partial charge is 0.323 e. The number of carbonyl (C=O) groups is 1. The van der Waals surface area contributed by atoms with Crippen LogP contribution in [0.5, 0.6) is 5.88 Å². The molecule has 0 radical (unpaired) electrons. The van der Waals surface area contributed by atoms with Crippen molar-refractivity contribution in [2.24, 2.45) is 0 Å². The largest absolute Gasteiger partial charge is 0.479 e. The fraction of sp³-hybridized carbons (Fsp3) is 0.278. The van der Waals surface area contributed by atoms with E-state index in [0.717, 1.165) is 15.7 Å². The van der Waals surface area contributed by atoms with Gasteiger partial charge in [0, 0.05) is 17.1 Å². The summed E-state index contributed by atoms with van der Waals surface area (Å²) in [7, 11) is 3.02. The fourth-order valence-electron chi connectivity index (χ4n) is 2.66. The zero-order valence-corrected chi connectivity index (χ0v) is 18.9. The van der Waals surface area contributed by atoms with E-state index in [1.807, 2.05) is 13.8 Å². The monoisotopic (exact) mass is 495 g/mol. The van der Waals surface area contributed by atoms with Gasteiger partial charge in [-0.25, -0.2) is 4.79 Å². The summed E-state index contributed by atoms with van der Waals surface area (Å²) in [6.45, 7) is 3.73. The number of aryl methyl sites for hydroxylation is 1. The van der Waals surface area contributed by atoms with Crippen LogP contribution in [0, 0.1) is 6.92 Å². The van der Waals surface area contributed by atoms with Crippen LogP contribution in [0.15, 0.2) is 29.1 Å². The molecule has 12 heteroatoms. The van der Waals surface area contributed by atoms with Crippen LogP contribution in [0.4, 0.5) is 16.2 Å². The predicted octanol–water partition coefficient (Wildman–Crippen LogP) is 4.14. The van der Waals surface area contributed by atoms with Gasteiger partial charge in [0.2, 0.25) is 5.88 Å². The lowest BCUT2D eigenvalue weighted by atomic mass is 10.1. The van der Waals surface area contributed by atoms with Gasteiger partial charge in [-0.1, -0.05) is 11.6 Å². The first-order valence-corrected chi connectivity index (χ1v) is 9.89. The average molecular weight is 497 g/mol. The Labute approximate surface area is 186 Å². The van der Waals surface area contributed by atoms with Crippen molar-refractivity contribution in [1.29, 1.82) is 0 Å². The van der Waals surface area contributed by atoms with Crippen LogP contribution in [0.25, 0.3) is 5.82 Å². The zero-order valence-electron chi connectivity index (χ0n) is 16.6. The van der Waals surface area contributed by atoms with Gasteiger partial charge in [0.15, 0.2) is 5.82 Å². The number of ether oxygens (including phenoxy) is 2. The molecule has 0 spiro atoms. The fourth-order valence-corrected chi connectivity index (χ4v) is 3.53. The van der Waals surface area contributed by atoms with Crippen LogP contribution in [0.3, 0.4) is 0 Å². The number of methoxy groups -OCH3 is 2. The first-order valence-electron chi connectivity index (χ1n) is 8.72. The predicted molar refractivity (Wildman–Crippen MR) is 115 cm³/mol. The van der Waals surface area contributed by atoms with E-state index in [4.69, 9.17) is 21.1 Å². The number of carbonyl (C=O) groups excluding carboxylic acids is 1. The Morgan fingerprint density at radius 2 is 1.90 bits per heavy atom. The number of aromatic nitrogens is 5. The number of pyridine rings is 2. The summed E-state index contributed by atoms with van der Waals surface area (Å²) >= 11 is 9.81. The molecule has 0 aliphatic carbocycles. The number of urea groups is 1. The van der Waals surface area contributed by atoms with Gasteiger partial charge in [0.25, 0.3) is 0 Å². The summed E-state index contributed by atoms with van der Waals surface area (Å²) in [6, 6.07) is 0.978. The molecule has 30 heavy (non-hydrogen) atoms. The molecule has 0 aliphatic rings. The van der Waals surface area contributed by atoms with Gasteiger partial charge in [0.05, 0.1) is 48.2 Å². The van der Waals surface area contributed by atoms with E-state index in [1.54, 1.807) is 13.3 Å². The maximum absolute atomic E-state index is 12.7. The Kier molecular flexibility index (Phi) is 6.85. The minimum Gasteiger partial charge on any atom is -0.479 e. The van der Waals surface area contributed by atoms with Crippen molar-refractivity contribution in [3.05, 3.63) is 45.4 Å². The Morgan fingerprint density at radius 1 is 1.23 bits per heavy atom. The lowest BCUT2D eigenvalue weighted by Crippen LogP contribution is -2.22. The van der Waals surface area contributed by atoms with Crippen LogP contribution in [0.2, 0.25) is 5.02 Å². The number of nitrogens with zero attached hydrogens (tertiary/aromatic N) is 5. The molecule has 0 fully saturated rings. The standard InChI is InChI=1S/C18H19BrClN7O3/c1-9-15(19)14(10(2)29-3)13(8-21-9)25-18(28)24-12-7-11(20)16(26-17(12)30-4)27-22-5-6-23-27/h5-8,10H,1-4H3,(H2,24,25,28)/t10-/m0/s1. The number of anilines is 2. The average Bonchev–Trinajstić information content (AvgIpc) is 3.25. The lowest BCUT2D eigenvalue weighted by molar-refractivity contribution is 0.119. The quantitative estimate of drug-likeness (QED) is 0.527. The highest BCUT2D eigenvalue weighted by Crippen LogP contribution is 2.34. The van der Waals surface area contributed by atoms with Crippen LogP contribution in [-0.4, -0.2) is 45.2 Å². The molecule has 0 aliphatic heterocycles. The molecule has 3 rings (SSSR count). The molecular formula is C18H19BrClN7O3. The molecule has 158 valence electrons. The lowest BCUT2D eigenvalue weighted by Gasteiger charge is -2.19. The highest BCUT2D eigenvalue weighted by molar-refractivity contribution is 9.10. The van der Waals surface area contributed by atoms with E-state index in [9.17, 15) is 4.79 Å². The minimum absolute atomic E-state index is 0.149. The van der Waals surface area contributed by atoms with Crippen molar-refractivity contribution in [1.82, 2.24) is 25.0 Å². The third-order valence-electron chi connectivity index (χ3n) is 4.21. The molecule has 10 nitrogen and oxygen atoms in total. The van der Waals surface area contributed by atoms with E-state index < -0.39 is 6.03 Å². The molecule has 0 aromatic carbocycles. The van der Waals surface area contributed by atoms with Gasteiger partial charge in [-0.3, -0.25) is 4.98 Å². The third-order valence-corrected chi connectivity index (χ3v) is 5.49. The molecule has 2 N–H and O–H groups in total. The van der Waals surface area contributed by atoms with Gasteiger partial charge in [-0.05, 0) is 35.8 Å². The SMILES string of the molecule is COc1nc(-n2nccn2)c(Cl)cc1NC(=O)Nc1cnc(C)c(Br)c1[C@H](C)OC. The number of rotatable bonds is 6. The summed E-state index contributed by atoms with van der Waals surface area (Å²) in [5.41, 5.74) is 2.31. The van der Waals surface area contributed by atoms with E-state index in [0.29, 0.717) is 5.69 Å². The van der Waals surface area contributed by atoms with E-state index >= 15 is 0 Å². The van der Waals surface area contributed by atoms with Crippen molar-refractivity contribution in [3.8, 4) is 11.7 Å². The van der Waals surface area contributed by atoms with Crippen LogP contribution in [-0.2, 0) is 4.74 Å². The molecule has 2 amide bonds. The number of nitrogens with one attached hydrogen (secondary N) is 2. The van der Waals surface area contributed by atoms with Crippen LogP contribution in [0.1, 0.15) is 24.3 Å². The van der Waals surface area contributed by atoms with Crippen LogP contribution < -0.4 is 15.4 Å². The molecule has 0 saturated heterocycles. The minimum atomic E-state index is -0.529. The summed E-state index contributed by atoms with van der Waals surface area (Å²) in [6.07, 6.45) is 4.29. The summed E-state index contributed by atoms with van der Waals surface area (Å²) < 4.78 is 11.5. The summed E-state index contributed by atoms with van der Waals surface area (Å²) in [4.78, 5) is 22.5. The second-order valence-electron chi connectivity index (χ2n) is 6.11. The Hall–Kier alpha value is -2.76. The second kappa shape index (κ2) is 9.37. The van der Waals surface area contributed by atoms with Crippen molar-refractivity contribution < 1.29 is 14.3 Å². The van der Waals surface area contributed by atoms with Crippen molar-refractivity contribution in [2.45, 2.75) is 20.0 Å². The molecule has 3 heterocycles. The van der Waals surface area contributed by atoms with E-state index in [-0.39, 0.29) is 28.5 Å². The molecule has 3 aromatic rings. The third kappa shape index (κ3) is 4.53. The molecule has 3 aromatic heterocycles. The molecule has 0 unspecified atom stereocenters. The van der Waals surface area contributed by atoms with Crippen molar-refractivity contribution in [2.75, 3.05) is 24.9 Å². The molecule has 1 atom stereocenters. The highest BCUT2D eigenvalue weighted by atomic mass is 79.9. The van der Waals surface area contributed by atoms with Gasteiger partial charge >= 0.3 is 6.03 Å². The van der Waals surface area contributed by atoms with Crippen molar-refractivity contribution >= 4 is 44.9 Å². The Bertz CT molecular complexity index is 1060. The number of halogens is 2. The Morgan fingerprint density at radius 3 is 2.53 bits per heavy atom. The zero-order chi connectivity index (χ0) is 21.8. The first kappa shape index (κ1) is 21.9. The van der Waals surface area contributed by atoms with E-state index in [2.05, 4.69) is 46.7 Å². The van der Waals surface area contributed by atoms with Crippen molar-refractivity contribution in [3.63, 3.8) is 0 Å². The summed E-state index contributed by atoms with van der Waals surface area (Å²) in [5, 5.41) is 13.7. The van der Waals surface area contributed by atoms with Crippen LogP contribution >= 0.6 is 27.5 Å². The summed E-state index contributed by atoms with van der Waals surface area (Å²) in [5.74, 6) is 0.419.